The number of carbonyl (C=O) groups is 1. The number of phenolic OH excluding ortho intramolecular Hbond substituents is 1. The second kappa shape index (κ2) is 7.08. The van der Waals surface area contributed by atoms with E-state index in [1.54, 1.807) is 35.0 Å². The van der Waals surface area contributed by atoms with Crippen LogP contribution in [0.1, 0.15) is 16.3 Å². The lowest BCUT2D eigenvalue weighted by atomic mass is 10.1. The number of aromatic amines is 1. The molecule has 0 radical (unpaired) electrons. The SMILES string of the molecule is O=C(NCc1nnnn1-c1ccccc1)c1cc(-c2ccccc2O)n[nH]1. The molecule has 3 N–H and O–H groups in total. The minimum absolute atomic E-state index is 0.0954. The highest BCUT2D eigenvalue weighted by molar-refractivity contribution is 5.93. The Labute approximate surface area is 153 Å². The first-order valence-corrected chi connectivity index (χ1v) is 8.17. The summed E-state index contributed by atoms with van der Waals surface area (Å²) in [6, 6.07) is 17.8. The lowest BCUT2D eigenvalue weighted by molar-refractivity contribution is 0.0944. The van der Waals surface area contributed by atoms with E-state index in [2.05, 4.69) is 31.0 Å². The number of H-pyrrole nitrogens is 1. The fourth-order valence-corrected chi connectivity index (χ4v) is 2.61. The van der Waals surface area contributed by atoms with Gasteiger partial charge in [-0.1, -0.05) is 30.3 Å². The van der Waals surface area contributed by atoms with Crippen LogP contribution in [0.15, 0.2) is 60.7 Å². The van der Waals surface area contributed by atoms with Crippen molar-refractivity contribution >= 4 is 5.91 Å². The molecule has 2 aromatic carbocycles. The maximum atomic E-state index is 12.4. The first-order valence-electron chi connectivity index (χ1n) is 8.17. The van der Waals surface area contributed by atoms with Crippen LogP contribution in [0.3, 0.4) is 0 Å². The van der Waals surface area contributed by atoms with Crippen LogP contribution in [0.25, 0.3) is 16.9 Å². The van der Waals surface area contributed by atoms with Crippen LogP contribution < -0.4 is 5.32 Å². The number of aromatic hydroxyl groups is 1. The van der Waals surface area contributed by atoms with Crippen molar-refractivity contribution in [3.05, 3.63) is 72.2 Å². The van der Waals surface area contributed by atoms with Gasteiger partial charge in [0.15, 0.2) is 5.82 Å². The smallest absolute Gasteiger partial charge is 0.269 e. The molecule has 9 heteroatoms. The topological polar surface area (TPSA) is 122 Å². The Morgan fingerprint density at radius 3 is 2.70 bits per heavy atom. The van der Waals surface area contributed by atoms with Crippen molar-refractivity contribution in [2.75, 3.05) is 0 Å². The summed E-state index contributed by atoms with van der Waals surface area (Å²) < 4.78 is 1.56. The van der Waals surface area contributed by atoms with Gasteiger partial charge in [0.2, 0.25) is 0 Å². The van der Waals surface area contributed by atoms with Crippen LogP contribution in [0.5, 0.6) is 5.75 Å². The molecule has 0 aliphatic carbocycles. The molecular weight excluding hydrogens is 346 g/mol. The molecule has 0 aliphatic heterocycles. The minimum Gasteiger partial charge on any atom is -0.507 e. The van der Waals surface area contributed by atoms with Crippen molar-refractivity contribution in [2.45, 2.75) is 6.54 Å². The van der Waals surface area contributed by atoms with Gasteiger partial charge in [0.25, 0.3) is 5.91 Å². The van der Waals surface area contributed by atoms with Crippen LogP contribution in [0.2, 0.25) is 0 Å². The summed E-state index contributed by atoms with van der Waals surface area (Å²) in [6.45, 7) is 0.145. The number of tetrazole rings is 1. The zero-order valence-electron chi connectivity index (χ0n) is 14.1. The Bertz CT molecular complexity index is 1070. The number of aromatic nitrogens is 6. The van der Waals surface area contributed by atoms with Gasteiger partial charge in [-0.2, -0.15) is 9.78 Å². The second-order valence-corrected chi connectivity index (χ2v) is 5.71. The molecule has 2 aromatic heterocycles. The van der Waals surface area contributed by atoms with Crippen molar-refractivity contribution in [3.8, 4) is 22.7 Å². The number of rotatable bonds is 5. The van der Waals surface area contributed by atoms with E-state index >= 15 is 0 Å². The molecule has 0 saturated carbocycles. The number of phenols is 1. The molecular formula is C18H15N7O2. The molecule has 0 fully saturated rings. The lowest BCUT2D eigenvalue weighted by Crippen LogP contribution is -2.25. The highest BCUT2D eigenvalue weighted by Gasteiger charge is 2.15. The molecule has 9 nitrogen and oxygen atoms in total. The molecule has 2 heterocycles. The number of benzene rings is 2. The molecule has 27 heavy (non-hydrogen) atoms. The number of nitrogens with one attached hydrogen (secondary N) is 2. The molecule has 1 amide bonds. The fraction of sp³-hybridized carbons (Fsp3) is 0.0556. The van der Waals surface area contributed by atoms with E-state index in [1.165, 1.54) is 0 Å². The molecule has 0 unspecified atom stereocenters. The number of nitrogens with zero attached hydrogens (tertiary/aromatic N) is 5. The molecule has 0 spiro atoms. The normalized spacial score (nSPS) is 10.7. The van der Waals surface area contributed by atoms with Gasteiger partial charge >= 0.3 is 0 Å². The summed E-state index contributed by atoms with van der Waals surface area (Å²) in [5.41, 5.74) is 2.09. The third-order valence-corrected chi connectivity index (χ3v) is 3.94. The van der Waals surface area contributed by atoms with E-state index in [9.17, 15) is 9.90 Å². The summed E-state index contributed by atoms with van der Waals surface area (Å²) >= 11 is 0. The van der Waals surface area contributed by atoms with Gasteiger partial charge in [0.1, 0.15) is 11.4 Å². The number of hydrogen-bond acceptors (Lipinski definition) is 6. The van der Waals surface area contributed by atoms with Crippen molar-refractivity contribution in [2.24, 2.45) is 0 Å². The maximum Gasteiger partial charge on any atom is 0.269 e. The quantitative estimate of drug-likeness (QED) is 0.497. The van der Waals surface area contributed by atoms with Gasteiger partial charge in [-0.05, 0) is 40.8 Å². The Kier molecular flexibility index (Phi) is 4.32. The first-order chi connectivity index (χ1) is 13.2. The molecule has 4 rings (SSSR count). The van der Waals surface area contributed by atoms with Crippen LogP contribution >= 0.6 is 0 Å². The summed E-state index contributed by atoms with van der Waals surface area (Å²) in [5.74, 6) is 0.236. The third kappa shape index (κ3) is 3.38. The highest BCUT2D eigenvalue weighted by atomic mass is 16.3. The van der Waals surface area contributed by atoms with Gasteiger partial charge < -0.3 is 10.4 Å². The Morgan fingerprint density at radius 2 is 1.89 bits per heavy atom. The van der Waals surface area contributed by atoms with E-state index < -0.39 is 0 Å². The fourth-order valence-electron chi connectivity index (χ4n) is 2.61. The van der Waals surface area contributed by atoms with Crippen molar-refractivity contribution in [3.63, 3.8) is 0 Å². The molecule has 0 saturated heterocycles. The summed E-state index contributed by atoms with van der Waals surface area (Å²) in [6.07, 6.45) is 0. The average Bonchev–Trinajstić information content (AvgIpc) is 3.37. The van der Waals surface area contributed by atoms with Gasteiger partial charge in [-0.3, -0.25) is 9.89 Å². The standard InChI is InChI=1S/C18H15N7O2/c26-16-9-5-4-8-13(16)14-10-15(21-20-14)18(27)19-11-17-22-23-24-25(17)12-6-2-1-3-7-12/h1-10,26H,11H2,(H,19,27)(H,20,21). The van der Waals surface area contributed by atoms with Crippen molar-refractivity contribution in [1.29, 1.82) is 0 Å². The summed E-state index contributed by atoms with van der Waals surface area (Å²) in [5, 5.41) is 31.0. The number of para-hydroxylation sites is 2. The maximum absolute atomic E-state index is 12.4. The van der Waals surface area contributed by atoms with E-state index in [0.29, 0.717) is 17.1 Å². The Morgan fingerprint density at radius 1 is 1.11 bits per heavy atom. The minimum atomic E-state index is -0.355. The summed E-state index contributed by atoms with van der Waals surface area (Å²) in [4.78, 5) is 12.4. The largest absolute Gasteiger partial charge is 0.507 e. The van der Waals surface area contributed by atoms with Gasteiger partial charge in [-0.25, -0.2) is 0 Å². The summed E-state index contributed by atoms with van der Waals surface area (Å²) in [7, 11) is 0. The van der Waals surface area contributed by atoms with Crippen LogP contribution in [0, 0.1) is 0 Å². The van der Waals surface area contributed by atoms with E-state index in [4.69, 9.17) is 0 Å². The molecule has 0 aliphatic rings. The van der Waals surface area contributed by atoms with E-state index in [0.717, 1.165) is 5.69 Å². The molecule has 0 bridgehead atoms. The van der Waals surface area contributed by atoms with Crippen molar-refractivity contribution in [1.82, 2.24) is 35.7 Å². The predicted octanol–water partition coefficient (Wildman–Crippen LogP) is 1.69. The van der Waals surface area contributed by atoms with Gasteiger partial charge in [0, 0.05) is 5.56 Å². The van der Waals surface area contributed by atoms with Crippen LogP contribution in [-0.4, -0.2) is 41.4 Å². The predicted molar refractivity (Wildman–Crippen MR) is 96.0 cm³/mol. The number of carbonyl (C=O) groups excluding carboxylic acids is 1. The molecule has 4 aromatic rings. The van der Waals surface area contributed by atoms with Crippen LogP contribution in [-0.2, 0) is 6.54 Å². The van der Waals surface area contributed by atoms with Gasteiger partial charge in [0.05, 0.1) is 17.9 Å². The lowest BCUT2D eigenvalue weighted by Gasteiger charge is -2.05. The second-order valence-electron chi connectivity index (χ2n) is 5.71. The van der Waals surface area contributed by atoms with Gasteiger partial charge in [-0.15, -0.1) is 5.10 Å². The third-order valence-electron chi connectivity index (χ3n) is 3.94. The Balaban J connectivity index is 1.47. The molecule has 0 atom stereocenters. The zero-order chi connectivity index (χ0) is 18.6. The van der Waals surface area contributed by atoms with E-state index in [-0.39, 0.29) is 23.9 Å². The highest BCUT2D eigenvalue weighted by Crippen LogP contribution is 2.27. The first kappa shape index (κ1) is 16.5. The van der Waals surface area contributed by atoms with E-state index in [1.807, 2.05) is 30.3 Å². The van der Waals surface area contributed by atoms with Crippen LogP contribution in [0.4, 0.5) is 0 Å². The zero-order valence-corrected chi connectivity index (χ0v) is 14.1. The van der Waals surface area contributed by atoms with Crippen molar-refractivity contribution < 1.29 is 9.90 Å². The number of hydrogen-bond donors (Lipinski definition) is 3. The molecule has 134 valence electrons. The average molecular weight is 361 g/mol. The Hall–Kier alpha value is -4.01. The number of amides is 1. The monoisotopic (exact) mass is 361 g/mol.